The van der Waals surface area contributed by atoms with Crippen LogP contribution < -0.4 is 56.9 Å². The highest BCUT2D eigenvalue weighted by Crippen LogP contribution is 2.21. The molecule has 0 amide bonds. The van der Waals surface area contributed by atoms with Gasteiger partial charge < -0.3 is 22.1 Å². The van der Waals surface area contributed by atoms with E-state index in [0.717, 1.165) is 12.0 Å². The third-order valence-electron chi connectivity index (χ3n) is 14.2. The number of aromatic amines is 1. The van der Waals surface area contributed by atoms with Crippen LogP contribution in [0.2, 0.25) is 25.1 Å². The van der Waals surface area contributed by atoms with Crippen LogP contribution in [-0.2, 0) is 33.1 Å². The molecule has 0 saturated heterocycles. The maximum absolute atomic E-state index is 12.9. The minimum Gasteiger partial charge on any atom is -0.372 e. The van der Waals surface area contributed by atoms with Crippen LogP contribution >= 0.6 is 58.0 Å². The van der Waals surface area contributed by atoms with Gasteiger partial charge in [0.05, 0.1) is 74.1 Å². The summed E-state index contributed by atoms with van der Waals surface area (Å²) >= 11 is 28.9. The Morgan fingerprint density at radius 1 is 0.321 bits per heavy atom. The van der Waals surface area contributed by atoms with E-state index in [1.165, 1.54) is 97.6 Å². The summed E-state index contributed by atoms with van der Waals surface area (Å²) in [7, 11) is 1.53. The number of hydrogen-bond donors (Lipinski definition) is 1. The lowest BCUT2D eigenvalue weighted by atomic mass is 10.2. The van der Waals surface area contributed by atoms with Crippen LogP contribution in [0.15, 0.2) is 264 Å². The molecule has 0 bridgehead atoms. The van der Waals surface area contributed by atoms with Crippen LogP contribution in [0.1, 0.15) is 88.6 Å². The third kappa shape index (κ3) is 23.7. The summed E-state index contributed by atoms with van der Waals surface area (Å²) in [6.45, 7) is 2.72. The molecule has 14 aromatic rings. The van der Waals surface area contributed by atoms with Crippen molar-refractivity contribution in [2.75, 3.05) is 0 Å². The zero-order valence-corrected chi connectivity index (χ0v) is 54.5. The Labute approximate surface area is 630 Å². The van der Waals surface area contributed by atoms with E-state index in [0.29, 0.717) is 81.1 Å². The quantitative estimate of drug-likeness (QED) is 0.155. The van der Waals surface area contributed by atoms with E-state index in [1.807, 2.05) is 37.3 Å². The van der Waals surface area contributed by atoms with Gasteiger partial charge in [-0.3, -0.25) is 23.3 Å². The van der Waals surface area contributed by atoms with Gasteiger partial charge in [-0.15, -0.1) is 0 Å². The van der Waals surface area contributed by atoms with Crippen molar-refractivity contribution in [2.24, 2.45) is 7.05 Å². The van der Waals surface area contributed by atoms with Crippen LogP contribution in [0.5, 0.6) is 0 Å². The molecule has 0 unspecified atom stereocenters. The fraction of sp³-hybridized carbons (Fsp3) is 0.179. The molecule has 0 radical (unpaired) electrons. The first-order valence-corrected chi connectivity index (χ1v) is 30.6. The lowest BCUT2D eigenvalue weighted by Crippen LogP contribution is -2.25. The van der Waals surface area contributed by atoms with Gasteiger partial charge in [-0.25, -0.2) is 61.1 Å². The second kappa shape index (κ2) is 42.0. The van der Waals surface area contributed by atoms with E-state index in [9.17, 15) is 61.1 Å². The molecule has 0 saturated carbocycles. The maximum atomic E-state index is 12.9. The first-order chi connectivity index (χ1) is 46.8. The zero-order chi connectivity index (χ0) is 70.5. The lowest BCUT2D eigenvalue weighted by molar-refractivity contribution is 0.424. The molecule has 0 aliphatic heterocycles. The van der Waals surface area contributed by atoms with Gasteiger partial charge in [0.15, 0.2) is 0 Å². The first-order valence-electron chi connectivity index (χ1n) is 28.7. The normalized spacial score (nSPS) is 9.91. The van der Waals surface area contributed by atoms with Crippen molar-refractivity contribution in [1.82, 2.24) is 23.3 Å². The molecule has 28 heteroatoms. The van der Waals surface area contributed by atoms with Gasteiger partial charge in [0.1, 0.15) is 17.5 Å². The fourth-order valence-electron chi connectivity index (χ4n) is 9.40. The van der Waals surface area contributed by atoms with Gasteiger partial charge in [0.25, 0.3) is 0 Å². The van der Waals surface area contributed by atoms with Crippen LogP contribution in [0.25, 0.3) is 54.5 Å². The fourth-order valence-corrected chi connectivity index (χ4v) is 10.3. The zero-order valence-electron chi connectivity index (χ0n) is 50.7. The maximum Gasteiger partial charge on any atom is 0.422 e. The highest BCUT2D eigenvalue weighted by molar-refractivity contribution is 6.32. The van der Waals surface area contributed by atoms with Crippen molar-refractivity contribution >= 4 is 113 Å². The van der Waals surface area contributed by atoms with E-state index in [4.69, 9.17) is 71.3 Å². The number of halogens is 8. The largest absolute Gasteiger partial charge is 0.422 e. The van der Waals surface area contributed by atoms with Crippen molar-refractivity contribution in [3.8, 4) is 0 Å². The molecule has 9 aromatic carbocycles. The summed E-state index contributed by atoms with van der Waals surface area (Å²) in [5.41, 5.74) is 2.36. The van der Waals surface area contributed by atoms with Gasteiger partial charge in [-0.1, -0.05) is 191 Å². The minimum absolute atomic E-state index is 0. The van der Waals surface area contributed by atoms with Crippen LogP contribution in [0.4, 0.5) is 13.2 Å². The summed E-state index contributed by atoms with van der Waals surface area (Å²) in [5, 5.41) is 3.36. The average Bonchev–Trinajstić information content (AvgIpc) is 0.811. The predicted octanol–water partition coefficient (Wildman–Crippen LogP) is 18.0. The SMILES string of the molecule is C.C.C.C.C.C.C.C.CCc1ccc(F)cc1.Cn1c(=O)oc(=O)c2cc(Cl)ccc21.O=c1[nH]c2ccc(Cl)cc2c(=O)o1.O=c1oc(=O)n(Cc2ccc(F)cc2)c2ccc(Cl)cc12.O=c1oc(=O)n(Cc2ccc(F)cc2)c2ccc(Cl)cc12.O=c1oc(=O)n(Cc2ccccc2)c2ccc(Cl)cc12. The van der Waals surface area contributed by atoms with Crippen LogP contribution in [0.3, 0.4) is 0 Å². The molecule has 5 heterocycles. The highest BCUT2D eigenvalue weighted by atomic mass is 35.5. The molecule has 5 aromatic heterocycles. The summed E-state index contributed by atoms with van der Waals surface area (Å²) in [5.74, 6) is -4.52. The molecule has 0 spiro atoms. The van der Waals surface area contributed by atoms with Crippen molar-refractivity contribution in [3.05, 3.63) is 364 Å². The Balaban J connectivity index is 0.000000638. The number of fused-ring (bicyclic) bond motifs is 5. The lowest BCUT2D eigenvalue weighted by Gasteiger charge is -2.08. The van der Waals surface area contributed by atoms with Crippen molar-refractivity contribution < 1.29 is 35.3 Å². The van der Waals surface area contributed by atoms with Gasteiger partial charge in [-0.05, 0) is 156 Å². The highest BCUT2D eigenvalue weighted by Gasteiger charge is 2.15. The molecule has 1 N–H and O–H groups in total. The molecule has 14 rings (SSSR count). The molecule has 20 nitrogen and oxygen atoms in total. The minimum atomic E-state index is -0.765. The van der Waals surface area contributed by atoms with E-state index >= 15 is 0 Å². The number of H-pyrrole nitrogens is 1. The third-order valence-corrected chi connectivity index (χ3v) is 15.4. The number of nitrogens with one attached hydrogen (secondary N) is 1. The van der Waals surface area contributed by atoms with E-state index in [2.05, 4.69) is 13.8 Å². The van der Waals surface area contributed by atoms with Crippen LogP contribution in [0, 0.1) is 17.5 Å². The second-order valence-corrected chi connectivity index (χ2v) is 23.0. The average molecular weight is 1560 g/mol. The Bertz CT molecular complexity index is 5760. The number of aryl methyl sites for hydroxylation is 2. The summed E-state index contributed by atoms with van der Waals surface area (Å²) < 4.78 is 66.2. The molecular weight excluding hydrogens is 1480 g/mol. The predicted molar refractivity (Wildman–Crippen MR) is 422 cm³/mol. The Kier molecular flexibility index (Phi) is 36.8. The molecular formula is C78H79Cl5F3N5O15. The number of nitrogens with zero attached hydrogens (tertiary/aromatic N) is 4. The molecule has 562 valence electrons. The van der Waals surface area contributed by atoms with Gasteiger partial charge in [0.2, 0.25) is 0 Å². The number of aromatic nitrogens is 5. The van der Waals surface area contributed by atoms with Gasteiger partial charge in [-0.2, -0.15) is 0 Å². The molecule has 106 heavy (non-hydrogen) atoms. The van der Waals surface area contributed by atoms with E-state index in [1.54, 1.807) is 97.1 Å². The van der Waals surface area contributed by atoms with E-state index in [-0.39, 0.29) is 106 Å². The van der Waals surface area contributed by atoms with E-state index < -0.39 is 56.9 Å². The molecule has 0 fully saturated rings. The summed E-state index contributed by atoms with van der Waals surface area (Å²) in [4.78, 5) is 117. The van der Waals surface area contributed by atoms with Crippen molar-refractivity contribution in [2.45, 2.75) is 92.4 Å². The number of hydrogen-bond acceptors (Lipinski definition) is 15. The topological polar surface area (TPSA) is 272 Å². The van der Waals surface area contributed by atoms with Gasteiger partial charge in [0, 0.05) is 32.2 Å². The Morgan fingerprint density at radius 2 is 0.594 bits per heavy atom. The standard InChI is InChI=1S/2C15H9ClFNO3.C15H10ClNO3.C9H6ClNO3.C8H4ClNO3.C8H9F.8CH4/c2*16-10-3-6-13-12(7-10)14(19)21-15(20)18(13)8-9-1-4-11(17)5-2-9;16-11-6-7-13-12(8-11)14(18)20-15(19)17(13)9-10-4-2-1-3-5-10;1-11-7-3-2-5(10)4-6(7)8(12)14-9(11)13;9-4-1-2-6-5(3-4)7(11)13-8(12)10-6;1-2-7-3-5-8(9)6-4-7;;;;;;;;/h2*1-7H,8H2;1-8H,9H2;2-4H,1H3;1-3H,(H,10,12);3-6H,2H2,1H3;8*1H4. The number of rotatable bonds is 7. The Hall–Kier alpha value is -11.1. The molecule has 0 atom stereocenters. The van der Waals surface area contributed by atoms with Crippen molar-refractivity contribution in [1.29, 1.82) is 0 Å². The Morgan fingerprint density at radius 3 is 0.934 bits per heavy atom. The molecule has 0 aliphatic rings. The smallest absolute Gasteiger partial charge is 0.372 e. The number of benzene rings is 9. The van der Waals surface area contributed by atoms with Gasteiger partial charge >= 0.3 is 56.9 Å². The molecule has 0 aliphatic carbocycles. The summed E-state index contributed by atoms with van der Waals surface area (Å²) in [6.07, 6.45) is 0.972. The first kappa shape index (κ1) is 92.9. The monoisotopic (exact) mass is 1560 g/mol. The van der Waals surface area contributed by atoms with Crippen LogP contribution in [-0.4, -0.2) is 23.3 Å². The van der Waals surface area contributed by atoms with Crippen molar-refractivity contribution in [3.63, 3.8) is 0 Å². The second-order valence-electron chi connectivity index (χ2n) is 20.8. The summed E-state index contributed by atoms with van der Waals surface area (Å²) in [6, 6.07) is 50.8.